The lowest BCUT2D eigenvalue weighted by atomic mass is 10.0. The number of carbonyl (C=O) groups excluding carboxylic acids is 1. The topological polar surface area (TPSA) is 64.6 Å². The number of amides is 1. The first-order chi connectivity index (χ1) is 14.2. The Bertz CT molecular complexity index is 1070. The van der Waals surface area contributed by atoms with Crippen molar-refractivity contribution in [3.63, 3.8) is 0 Å². The van der Waals surface area contributed by atoms with Gasteiger partial charge >= 0.3 is 7.60 Å². The van der Waals surface area contributed by atoms with Gasteiger partial charge in [0, 0.05) is 6.20 Å². The van der Waals surface area contributed by atoms with Crippen LogP contribution in [0, 0.1) is 0 Å². The standard InChI is InChI=1S/C23H22NO4P/c25-23(24-15-14-18-8-2-1-3-9-18)22(29(26)27-16-7-17-28-29)21-13-6-11-19-10-4-5-12-20(19)21/h1-6,8-15,22H,7,16-17H2,(H,24,25)/b15-14+. The second kappa shape index (κ2) is 8.75. The molecule has 1 saturated heterocycles. The number of hydrogen-bond acceptors (Lipinski definition) is 4. The van der Waals surface area contributed by atoms with Crippen molar-refractivity contribution in [2.75, 3.05) is 13.2 Å². The van der Waals surface area contributed by atoms with Gasteiger partial charge in [-0.3, -0.25) is 9.36 Å². The number of fused-ring (bicyclic) bond motifs is 1. The summed E-state index contributed by atoms with van der Waals surface area (Å²) in [7, 11) is -3.66. The second-order valence-electron chi connectivity index (χ2n) is 6.78. The van der Waals surface area contributed by atoms with Crippen molar-refractivity contribution in [2.24, 2.45) is 0 Å². The summed E-state index contributed by atoms with van der Waals surface area (Å²) in [5.41, 5.74) is 0.541. The van der Waals surface area contributed by atoms with Crippen LogP contribution in [0.2, 0.25) is 0 Å². The molecule has 1 aliphatic rings. The van der Waals surface area contributed by atoms with Crippen molar-refractivity contribution in [1.82, 2.24) is 5.32 Å². The van der Waals surface area contributed by atoms with E-state index in [0.717, 1.165) is 16.3 Å². The Hall–Kier alpha value is -2.72. The summed E-state index contributed by atoms with van der Waals surface area (Å²) in [5, 5.41) is 4.59. The van der Waals surface area contributed by atoms with Gasteiger partial charge in [0.15, 0.2) is 5.66 Å². The van der Waals surface area contributed by atoms with Crippen molar-refractivity contribution in [3.8, 4) is 0 Å². The zero-order chi connectivity index (χ0) is 20.1. The minimum atomic E-state index is -3.66. The van der Waals surface area contributed by atoms with Crippen LogP contribution in [-0.2, 0) is 18.4 Å². The third kappa shape index (κ3) is 4.33. The Morgan fingerprint density at radius 2 is 1.62 bits per heavy atom. The normalized spacial score (nSPS) is 17.2. The van der Waals surface area contributed by atoms with Crippen LogP contribution in [0.5, 0.6) is 0 Å². The molecule has 0 spiro atoms. The molecule has 0 bridgehead atoms. The average molecular weight is 407 g/mol. The molecule has 5 nitrogen and oxygen atoms in total. The summed E-state index contributed by atoms with van der Waals surface area (Å²) < 4.78 is 24.7. The molecule has 0 radical (unpaired) electrons. The van der Waals surface area contributed by atoms with Crippen molar-refractivity contribution >= 4 is 30.4 Å². The monoisotopic (exact) mass is 407 g/mol. The van der Waals surface area contributed by atoms with E-state index < -0.39 is 19.2 Å². The molecule has 0 aromatic heterocycles. The average Bonchev–Trinajstić information content (AvgIpc) is 2.75. The Morgan fingerprint density at radius 1 is 0.931 bits per heavy atom. The van der Waals surface area contributed by atoms with Gasteiger partial charge in [-0.25, -0.2) is 0 Å². The zero-order valence-corrected chi connectivity index (χ0v) is 16.8. The molecule has 1 atom stereocenters. The van der Waals surface area contributed by atoms with Gasteiger partial charge in [-0.1, -0.05) is 72.8 Å². The fourth-order valence-electron chi connectivity index (χ4n) is 3.44. The van der Waals surface area contributed by atoms with Gasteiger partial charge < -0.3 is 14.4 Å². The van der Waals surface area contributed by atoms with E-state index in [0.29, 0.717) is 25.2 Å². The summed E-state index contributed by atoms with van der Waals surface area (Å²) in [5.74, 6) is -0.418. The lowest BCUT2D eigenvalue weighted by molar-refractivity contribution is -0.120. The highest BCUT2D eigenvalue weighted by atomic mass is 31.2. The molecular weight excluding hydrogens is 385 g/mol. The zero-order valence-electron chi connectivity index (χ0n) is 15.9. The molecule has 1 heterocycles. The second-order valence-corrected chi connectivity index (χ2v) is 8.90. The maximum atomic E-state index is 13.5. The van der Waals surface area contributed by atoms with Crippen LogP contribution in [0.1, 0.15) is 23.2 Å². The predicted octanol–water partition coefficient (Wildman–Crippen LogP) is 5.30. The first-order valence-electron chi connectivity index (χ1n) is 9.56. The third-order valence-corrected chi connectivity index (χ3v) is 7.04. The van der Waals surface area contributed by atoms with Gasteiger partial charge in [-0.05, 0) is 34.4 Å². The fraction of sp³-hybridized carbons (Fsp3) is 0.174. The SMILES string of the molecule is O=C(N/C=C/c1ccccc1)C(c1cccc2ccccc12)P1(=O)OCCCO1. The van der Waals surface area contributed by atoms with Gasteiger partial charge in [0.05, 0.1) is 13.2 Å². The molecule has 1 amide bonds. The van der Waals surface area contributed by atoms with Gasteiger partial charge in [0.2, 0.25) is 5.91 Å². The smallest absolute Gasteiger partial charge is 0.332 e. The van der Waals surface area contributed by atoms with Crippen molar-refractivity contribution in [3.05, 3.63) is 90.1 Å². The van der Waals surface area contributed by atoms with E-state index in [1.165, 1.54) is 0 Å². The van der Waals surface area contributed by atoms with Crippen LogP contribution in [-0.4, -0.2) is 19.1 Å². The minimum absolute atomic E-state index is 0.311. The summed E-state index contributed by atoms with van der Waals surface area (Å²) in [6.45, 7) is 0.622. The molecule has 4 rings (SSSR count). The highest BCUT2D eigenvalue weighted by molar-refractivity contribution is 7.55. The van der Waals surface area contributed by atoms with E-state index in [1.54, 1.807) is 12.3 Å². The van der Waals surface area contributed by atoms with E-state index in [1.807, 2.05) is 72.8 Å². The Morgan fingerprint density at radius 3 is 2.41 bits per heavy atom. The van der Waals surface area contributed by atoms with Gasteiger partial charge in [-0.2, -0.15) is 0 Å². The molecule has 1 fully saturated rings. The molecule has 1 aliphatic heterocycles. The van der Waals surface area contributed by atoms with Crippen LogP contribution in [0.3, 0.4) is 0 Å². The summed E-state index contributed by atoms with van der Waals surface area (Å²) >= 11 is 0. The van der Waals surface area contributed by atoms with E-state index in [9.17, 15) is 9.36 Å². The maximum Gasteiger partial charge on any atom is 0.347 e. The van der Waals surface area contributed by atoms with E-state index in [2.05, 4.69) is 5.32 Å². The molecule has 3 aromatic carbocycles. The fourth-order valence-corrected chi connectivity index (χ4v) is 5.50. The van der Waals surface area contributed by atoms with Crippen LogP contribution in [0.4, 0.5) is 0 Å². The van der Waals surface area contributed by atoms with E-state index in [4.69, 9.17) is 9.05 Å². The quantitative estimate of drug-likeness (QED) is 0.583. The van der Waals surface area contributed by atoms with Gasteiger partial charge in [0.1, 0.15) is 0 Å². The summed E-state index contributed by atoms with van der Waals surface area (Å²) in [4.78, 5) is 13.2. The van der Waals surface area contributed by atoms with Crippen LogP contribution in [0.25, 0.3) is 16.8 Å². The van der Waals surface area contributed by atoms with Crippen LogP contribution >= 0.6 is 7.60 Å². The van der Waals surface area contributed by atoms with Crippen LogP contribution < -0.4 is 5.32 Å². The first kappa shape index (κ1) is 19.6. The maximum absolute atomic E-state index is 13.5. The molecule has 1 unspecified atom stereocenters. The van der Waals surface area contributed by atoms with Crippen molar-refractivity contribution in [1.29, 1.82) is 0 Å². The molecule has 148 valence electrons. The number of nitrogens with one attached hydrogen (secondary N) is 1. The number of carbonyl (C=O) groups is 1. The minimum Gasteiger partial charge on any atom is -0.332 e. The third-order valence-electron chi connectivity index (χ3n) is 4.81. The lowest BCUT2D eigenvalue weighted by Gasteiger charge is -2.29. The molecule has 3 aromatic rings. The van der Waals surface area contributed by atoms with Gasteiger partial charge in [0.25, 0.3) is 0 Å². The highest BCUT2D eigenvalue weighted by Crippen LogP contribution is 2.63. The van der Waals surface area contributed by atoms with E-state index >= 15 is 0 Å². The highest BCUT2D eigenvalue weighted by Gasteiger charge is 2.44. The lowest BCUT2D eigenvalue weighted by Crippen LogP contribution is -2.28. The number of benzene rings is 3. The predicted molar refractivity (Wildman–Crippen MR) is 114 cm³/mol. The molecule has 0 aliphatic carbocycles. The number of hydrogen-bond donors (Lipinski definition) is 1. The van der Waals surface area contributed by atoms with Gasteiger partial charge in [-0.15, -0.1) is 0 Å². The first-order valence-corrected chi connectivity index (χ1v) is 11.2. The summed E-state index contributed by atoms with van der Waals surface area (Å²) in [6, 6.07) is 23.0. The van der Waals surface area contributed by atoms with Crippen LogP contribution in [0.15, 0.2) is 79.0 Å². The molecular formula is C23H22NO4P. The van der Waals surface area contributed by atoms with Crippen molar-refractivity contribution < 1.29 is 18.4 Å². The van der Waals surface area contributed by atoms with Crippen molar-refractivity contribution in [2.45, 2.75) is 12.1 Å². The molecule has 1 N–H and O–H groups in total. The molecule has 6 heteroatoms. The number of rotatable bonds is 5. The Balaban J connectivity index is 1.70. The Labute approximate surface area is 169 Å². The largest absolute Gasteiger partial charge is 0.347 e. The Kier molecular flexibility index (Phi) is 5.91. The summed E-state index contributed by atoms with van der Waals surface area (Å²) in [6.07, 6.45) is 4.00. The molecule has 29 heavy (non-hydrogen) atoms. The van der Waals surface area contributed by atoms with E-state index in [-0.39, 0.29) is 0 Å². The molecule has 0 saturated carbocycles.